The van der Waals surface area contributed by atoms with E-state index in [1.165, 1.54) is 22.5 Å². The Balaban J connectivity index is 0.00000108. The van der Waals surface area contributed by atoms with E-state index >= 15 is 0 Å². The first-order chi connectivity index (χ1) is 7.84. The minimum Gasteiger partial charge on any atom is -0.358 e. The summed E-state index contributed by atoms with van der Waals surface area (Å²) in [5.41, 5.74) is 6.24. The summed E-state index contributed by atoms with van der Waals surface area (Å²) in [6, 6.07) is 6.35. The predicted molar refractivity (Wildman–Crippen MR) is 71.4 cm³/mol. The molecule has 0 bridgehead atoms. The Bertz CT molecular complexity index is 496. The SMILES string of the molecule is Cc1ncccc1-c1cc2c([nH]1)CCNC2.Cl. The van der Waals surface area contributed by atoms with Gasteiger partial charge in [0.05, 0.1) is 0 Å². The highest BCUT2D eigenvalue weighted by Crippen LogP contribution is 2.25. The normalized spacial score (nSPS) is 13.9. The maximum atomic E-state index is 4.33. The molecule has 4 heteroatoms. The molecule has 0 unspecified atom stereocenters. The average Bonchev–Trinajstić information content (AvgIpc) is 2.73. The summed E-state index contributed by atoms with van der Waals surface area (Å²) in [7, 11) is 0. The third kappa shape index (κ3) is 2.21. The first-order valence-corrected chi connectivity index (χ1v) is 5.68. The highest BCUT2D eigenvalue weighted by Gasteiger charge is 2.13. The van der Waals surface area contributed by atoms with E-state index in [1.807, 2.05) is 19.2 Å². The largest absolute Gasteiger partial charge is 0.358 e. The Hall–Kier alpha value is -1.32. The van der Waals surface area contributed by atoms with Gasteiger partial charge in [-0.05, 0) is 30.7 Å². The summed E-state index contributed by atoms with van der Waals surface area (Å²) in [4.78, 5) is 7.84. The average molecular weight is 250 g/mol. The molecule has 0 fully saturated rings. The second kappa shape index (κ2) is 4.90. The number of aromatic amines is 1. The molecule has 0 aromatic carbocycles. The van der Waals surface area contributed by atoms with E-state index in [-0.39, 0.29) is 12.4 Å². The van der Waals surface area contributed by atoms with Crippen molar-refractivity contribution in [2.45, 2.75) is 19.9 Å². The maximum absolute atomic E-state index is 4.33. The summed E-state index contributed by atoms with van der Waals surface area (Å²) < 4.78 is 0. The number of H-pyrrole nitrogens is 1. The first kappa shape index (κ1) is 12.1. The van der Waals surface area contributed by atoms with Crippen LogP contribution in [0, 0.1) is 6.92 Å². The maximum Gasteiger partial charge on any atom is 0.0477 e. The van der Waals surface area contributed by atoms with Crippen molar-refractivity contribution in [3.05, 3.63) is 41.3 Å². The molecule has 0 saturated heterocycles. The highest BCUT2D eigenvalue weighted by molar-refractivity contribution is 5.85. The van der Waals surface area contributed by atoms with E-state index < -0.39 is 0 Å². The van der Waals surface area contributed by atoms with Gasteiger partial charge < -0.3 is 10.3 Å². The van der Waals surface area contributed by atoms with Crippen LogP contribution in [0.1, 0.15) is 17.0 Å². The number of aromatic nitrogens is 2. The van der Waals surface area contributed by atoms with E-state index in [4.69, 9.17) is 0 Å². The van der Waals surface area contributed by atoms with Crippen molar-refractivity contribution in [1.82, 2.24) is 15.3 Å². The molecule has 17 heavy (non-hydrogen) atoms. The molecule has 3 rings (SSSR count). The lowest BCUT2D eigenvalue weighted by molar-refractivity contribution is 0.638. The lowest BCUT2D eigenvalue weighted by Crippen LogP contribution is -2.22. The molecule has 2 aromatic heterocycles. The van der Waals surface area contributed by atoms with Crippen LogP contribution in [-0.2, 0) is 13.0 Å². The molecule has 3 nitrogen and oxygen atoms in total. The molecule has 0 atom stereocenters. The molecule has 0 amide bonds. The van der Waals surface area contributed by atoms with Crippen molar-refractivity contribution in [1.29, 1.82) is 0 Å². The number of pyridine rings is 1. The van der Waals surface area contributed by atoms with Crippen molar-refractivity contribution in [2.24, 2.45) is 0 Å². The molecule has 1 aliphatic rings. The summed E-state index contributed by atoms with van der Waals surface area (Å²) >= 11 is 0. The number of rotatable bonds is 1. The number of nitrogens with one attached hydrogen (secondary N) is 2. The standard InChI is InChI=1S/C13H15N3.ClH/c1-9-11(3-2-5-15-9)13-7-10-8-14-6-4-12(10)16-13;/h2-3,5,7,14,16H,4,6,8H2,1H3;1H. The van der Waals surface area contributed by atoms with Crippen LogP contribution in [0.25, 0.3) is 11.3 Å². The van der Waals surface area contributed by atoms with Gasteiger partial charge in [0.1, 0.15) is 0 Å². The van der Waals surface area contributed by atoms with Crippen molar-refractivity contribution in [3.63, 3.8) is 0 Å². The third-order valence-corrected chi connectivity index (χ3v) is 3.16. The van der Waals surface area contributed by atoms with Gasteiger partial charge in [-0.3, -0.25) is 4.98 Å². The summed E-state index contributed by atoms with van der Waals surface area (Å²) in [5.74, 6) is 0. The fraction of sp³-hybridized carbons (Fsp3) is 0.308. The van der Waals surface area contributed by atoms with Crippen LogP contribution in [0.3, 0.4) is 0 Å². The summed E-state index contributed by atoms with van der Waals surface area (Å²) in [5, 5.41) is 3.38. The van der Waals surface area contributed by atoms with Crippen LogP contribution >= 0.6 is 12.4 Å². The van der Waals surface area contributed by atoms with Crippen LogP contribution in [0.15, 0.2) is 24.4 Å². The Morgan fingerprint density at radius 2 is 2.24 bits per heavy atom. The molecule has 90 valence electrons. The highest BCUT2D eigenvalue weighted by atomic mass is 35.5. The lowest BCUT2D eigenvalue weighted by atomic mass is 10.1. The molecule has 1 aliphatic heterocycles. The topological polar surface area (TPSA) is 40.7 Å². The van der Waals surface area contributed by atoms with Crippen molar-refractivity contribution in [2.75, 3.05) is 6.54 Å². The lowest BCUT2D eigenvalue weighted by Gasteiger charge is -2.11. The second-order valence-electron chi connectivity index (χ2n) is 4.25. The van der Waals surface area contributed by atoms with Crippen LogP contribution in [0.2, 0.25) is 0 Å². The number of halogens is 1. The van der Waals surface area contributed by atoms with Gasteiger partial charge in [0.15, 0.2) is 0 Å². The fourth-order valence-electron chi connectivity index (χ4n) is 2.27. The van der Waals surface area contributed by atoms with Gasteiger partial charge in [0.2, 0.25) is 0 Å². The van der Waals surface area contributed by atoms with Crippen molar-refractivity contribution >= 4 is 12.4 Å². The fourth-order valence-corrected chi connectivity index (χ4v) is 2.27. The number of hydrogen-bond donors (Lipinski definition) is 2. The van der Waals surface area contributed by atoms with E-state index in [0.717, 1.165) is 25.2 Å². The van der Waals surface area contributed by atoms with E-state index in [9.17, 15) is 0 Å². The minimum atomic E-state index is 0. The molecule has 3 heterocycles. The summed E-state index contributed by atoms with van der Waals surface area (Å²) in [6.07, 6.45) is 2.93. The molecule has 0 saturated carbocycles. The van der Waals surface area contributed by atoms with Gasteiger partial charge in [0.25, 0.3) is 0 Å². The number of fused-ring (bicyclic) bond motifs is 1. The Morgan fingerprint density at radius 3 is 3.00 bits per heavy atom. The van der Waals surface area contributed by atoms with E-state index in [2.05, 4.69) is 27.4 Å². The molecule has 0 radical (unpaired) electrons. The Kier molecular flexibility index (Phi) is 3.50. The quantitative estimate of drug-likeness (QED) is 0.815. The van der Waals surface area contributed by atoms with Gasteiger partial charge >= 0.3 is 0 Å². The van der Waals surface area contributed by atoms with Gasteiger partial charge in [0, 0.05) is 48.4 Å². The predicted octanol–water partition coefficient (Wildman–Crippen LogP) is 2.45. The van der Waals surface area contributed by atoms with Crippen LogP contribution in [0.5, 0.6) is 0 Å². The molecule has 0 aliphatic carbocycles. The van der Waals surface area contributed by atoms with E-state index in [0.29, 0.717) is 0 Å². The Morgan fingerprint density at radius 1 is 1.35 bits per heavy atom. The molecular weight excluding hydrogens is 234 g/mol. The first-order valence-electron chi connectivity index (χ1n) is 5.68. The molecule has 2 aromatic rings. The zero-order chi connectivity index (χ0) is 11.0. The van der Waals surface area contributed by atoms with Gasteiger partial charge in [-0.1, -0.05) is 0 Å². The van der Waals surface area contributed by atoms with Gasteiger partial charge in [-0.25, -0.2) is 0 Å². The van der Waals surface area contributed by atoms with Crippen LogP contribution in [0.4, 0.5) is 0 Å². The zero-order valence-corrected chi connectivity index (χ0v) is 10.6. The van der Waals surface area contributed by atoms with Crippen molar-refractivity contribution < 1.29 is 0 Å². The zero-order valence-electron chi connectivity index (χ0n) is 9.79. The third-order valence-electron chi connectivity index (χ3n) is 3.16. The monoisotopic (exact) mass is 249 g/mol. The van der Waals surface area contributed by atoms with E-state index in [1.54, 1.807) is 0 Å². The number of aryl methyl sites for hydroxylation is 1. The molecule has 2 N–H and O–H groups in total. The summed E-state index contributed by atoms with van der Waals surface area (Å²) in [6.45, 7) is 4.09. The smallest absolute Gasteiger partial charge is 0.0477 e. The number of nitrogens with zero attached hydrogens (tertiary/aromatic N) is 1. The minimum absolute atomic E-state index is 0. The molecule has 0 spiro atoms. The second-order valence-corrected chi connectivity index (χ2v) is 4.25. The van der Waals surface area contributed by atoms with Crippen LogP contribution in [-0.4, -0.2) is 16.5 Å². The number of hydrogen-bond acceptors (Lipinski definition) is 2. The van der Waals surface area contributed by atoms with Crippen molar-refractivity contribution in [3.8, 4) is 11.3 Å². The van der Waals surface area contributed by atoms with Gasteiger partial charge in [-0.15, -0.1) is 12.4 Å². The van der Waals surface area contributed by atoms with Gasteiger partial charge in [-0.2, -0.15) is 0 Å². The Labute approximate surface area is 107 Å². The molecular formula is C13H16ClN3. The van der Waals surface area contributed by atoms with Crippen LogP contribution < -0.4 is 5.32 Å².